The monoisotopic (exact) mass is 398 g/mol. The van der Waals surface area contributed by atoms with Crippen LogP contribution in [0.5, 0.6) is 0 Å². The SMILES string of the molecule is CCOC(=O)Cc1ccccc1C(=O)C(c1ccccc1)C(OC)C(=O)OCC. The van der Waals surface area contributed by atoms with Crippen LogP contribution in [-0.2, 0) is 30.2 Å². The van der Waals surface area contributed by atoms with E-state index >= 15 is 0 Å². The molecular weight excluding hydrogens is 372 g/mol. The summed E-state index contributed by atoms with van der Waals surface area (Å²) in [6, 6.07) is 15.8. The van der Waals surface area contributed by atoms with Crippen molar-refractivity contribution >= 4 is 17.7 Å². The molecule has 0 saturated carbocycles. The average molecular weight is 398 g/mol. The van der Waals surface area contributed by atoms with Crippen LogP contribution < -0.4 is 0 Å². The summed E-state index contributed by atoms with van der Waals surface area (Å²) in [5.41, 5.74) is 1.51. The molecule has 0 saturated heterocycles. The van der Waals surface area contributed by atoms with Gasteiger partial charge >= 0.3 is 11.9 Å². The Kier molecular flexibility index (Phi) is 8.55. The number of methoxy groups -OCH3 is 1. The molecule has 2 unspecified atom stereocenters. The van der Waals surface area contributed by atoms with Gasteiger partial charge in [0, 0.05) is 12.7 Å². The molecule has 0 aromatic heterocycles. The third kappa shape index (κ3) is 5.74. The summed E-state index contributed by atoms with van der Waals surface area (Å²) in [6.45, 7) is 3.85. The Labute approximate surface area is 170 Å². The number of esters is 2. The molecule has 29 heavy (non-hydrogen) atoms. The molecule has 2 rings (SSSR count). The Morgan fingerprint density at radius 2 is 1.48 bits per heavy atom. The second-order valence-electron chi connectivity index (χ2n) is 6.30. The maximum atomic E-state index is 13.6. The van der Waals surface area contributed by atoms with Crippen molar-refractivity contribution in [3.8, 4) is 0 Å². The number of carbonyl (C=O) groups is 3. The van der Waals surface area contributed by atoms with Gasteiger partial charge in [-0.1, -0.05) is 54.6 Å². The van der Waals surface area contributed by atoms with Crippen LogP contribution >= 0.6 is 0 Å². The lowest BCUT2D eigenvalue weighted by Crippen LogP contribution is -2.36. The molecule has 0 radical (unpaired) electrons. The second kappa shape index (κ2) is 11.1. The van der Waals surface area contributed by atoms with E-state index in [4.69, 9.17) is 14.2 Å². The van der Waals surface area contributed by atoms with Crippen molar-refractivity contribution < 1.29 is 28.6 Å². The molecule has 0 fully saturated rings. The van der Waals surface area contributed by atoms with Crippen molar-refractivity contribution in [3.05, 3.63) is 71.3 Å². The zero-order valence-electron chi connectivity index (χ0n) is 16.9. The van der Waals surface area contributed by atoms with Crippen LogP contribution in [0.15, 0.2) is 54.6 Å². The molecule has 6 heteroatoms. The topological polar surface area (TPSA) is 78.9 Å². The summed E-state index contributed by atoms with van der Waals surface area (Å²) in [6.07, 6.45) is -1.14. The fraction of sp³-hybridized carbons (Fsp3) is 0.348. The highest BCUT2D eigenvalue weighted by Gasteiger charge is 2.37. The third-order valence-corrected chi connectivity index (χ3v) is 4.44. The minimum absolute atomic E-state index is 0.0334. The van der Waals surface area contributed by atoms with Crippen molar-refractivity contribution in [2.75, 3.05) is 20.3 Å². The highest BCUT2D eigenvalue weighted by molar-refractivity contribution is 6.05. The Balaban J connectivity index is 2.48. The molecule has 6 nitrogen and oxygen atoms in total. The number of carbonyl (C=O) groups excluding carboxylic acids is 3. The first-order chi connectivity index (χ1) is 14.0. The summed E-state index contributed by atoms with van der Waals surface area (Å²) in [5, 5.41) is 0. The summed E-state index contributed by atoms with van der Waals surface area (Å²) >= 11 is 0. The molecule has 0 N–H and O–H groups in total. The molecule has 0 amide bonds. The molecule has 2 atom stereocenters. The van der Waals surface area contributed by atoms with Gasteiger partial charge in [0.05, 0.1) is 25.6 Å². The second-order valence-corrected chi connectivity index (χ2v) is 6.30. The Hall–Kier alpha value is -2.99. The first-order valence-electron chi connectivity index (χ1n) is 9.55. The van der Waals surface area contributed by atoms with Gasteiger partial charge in [0.25, 0.3) is 0 Å². The molecule has 0 spiro atoms. The lowest BCUT2D eigenvalue weighted by molar-refractivity contribution is -0.155. The molecule has 0 bridgehead atoms. The van der Waals surface area contributed by atoms with Gasteiger partial charge in [-0.25, -0.2) is 4.79 Å². The highest BCUT2D eigenvalue weighted by Crippen LogP contribution is 2.29. The molecule has 0 heterocycles. The van der Waals surface area contributed by atoms with Crippen molar-refractivity contribution in [1.82, 2.24) is 0 Å². The number of ketones is 1. The maximum absolute atomic E-state index is 13.6. The standard InChI is InChI=1S/C23H26O6/c1-4-28-19(24)15-17-13-9-10-14-18(17)21(25)20(16-11-7-6-8-12-16)22(27-3)23(26)29-5-2/h6-14,20,22H,4-5,15H2,1-3H3. The maximum Gasteiger partial charge on any atom is 0.336 e. The van der Waals surface area contributed by atoms with Crippen LogP contribution in [0.1, 0.15) is 41.3 Å². The fourth-order valence-electron chi connectivity index (χ4n) is 3.17. The molecule has 0 aliphatic carbocycles. The first-order valence-corrected chi connectivity index (χ1v) is 9.55. The first kappa shape index (κ1) is 22.3. The minimum Gasteiger partial charge on any atom is -0.466 e. The zero-order chi connectivity index (χ0) is 21.2. The zero-order valence-corrected chi connectivity index (χ0v) is 16.9. The highest BCUT2D eigenvalue weighted by atomic mass is 16.6. The molecule has 154 valence electrons. The smallest absolute Gasteiger partial charge is 0.336 e. The number of Topliss-reactive ketones (excluding diaryl/α,β-unsaturated/α-hetero) is 1. The Morgan fingerprint density at radius 3 is 2.10 bits per heavy atom. The number of hydrogen-bond acceptors (Lipinski definition) is 6. The normalized spacial score (nSPS) is 12.7. The predicted molar refractivity (Wildman–Crippen MR) is 108 cm³/mol. The van der Waals surface area contributed by atoms with E-state index in [0.29, 0.717) is 16.7 Å². The lowest BCUT2D eigenvalue weighted by atomic mass is 9.84. The van der Waals surface area contributed by atoms with Crippen LogP contribution in [0.4, 0.5) is 0 Å². The van der Waals surface area contributed by atoms with Gasteiger partial charge in [-0.15, -0.1) is 0 Å². The average Bonchev–Trinajstić information content (AvgIpc) is 2.72. The number of ether oxygens (including phenoxy) is 3. The number of rotatable bonds is 10. The van der Waals surface area contributed by atoms with Gasteiger partial charge in [0.1, 0.15) is 0 Å². The van der Waals surface area contributed by atoms with Crippen molar-refractivity contribution in [2.24, 2.45) is 0 Å². The fourth-order valence-corrected chi connectivity index (χ4v) is 3.17. The minimum atomic E-state index is -1.11. The van der Waals surface area contributed by atoms with Crippen LogP contribution in [0.3, 0.4) is 0 Å². The molecule has 2 aromatic carbocycles. The van der Waals surface area contributed by atoms with Gasteiger partial charge in [-0.3, -0.25) is 9.59 Å². The van der Waals surface area contributed by atoms with Crippen LogP contribution in [-0.4, -0.2) is 44.1 Å². The number of benzene rings is 2. The van der Waals surface area contributed by atoms with E-state index in [-0.39, 0.29) is 25.4 Å². The van der Waals surface area contributed by atoms with E-state index in [9.17, 15) is 14.4 Å². The summed E-state index contributed by atoms with van der Waals surface area (Å²) in [4.78, 5) is 38.1. The van der Waals surface area contributed by atoms with Crippen molar-refractivity contribution in [3.63, 3.8) is 0 Å². The van der Waals surface area contributed by atoms with Crippen molar-refractivity contribution in [2.45, 2.75) is 32.3 Å². The summed E-state index contributed by atoms with van der Waals surface area (Å²) < 4.78 is 15.5. The Bertz CT molecular complexity index is 830. The molecule has 0 aliphatic rings. The van der Waals surface area contributed by atoms with E-state index in [0.717, 1.165) is 0 Å². The van der Waals surface area contributed by atoms with Crippen molar-refractivity contribution in [1.29, 1.82) is 0 Å². The van der Waals surface area contributed by atoms with Gasteiger partial charge in [0.15, 0.2) is 11.9 Å². The van der Waals surface area contributed by atoms with Crippen LogP contribution in [0.25, 0.3) is 0 Å². The van der Waals surface area contributed by atoms with Gasteiger partial charge in [0.2, 0.25) is 0 Å². The lowest BCUT2D eigenvalue weighted by Gasteiger charge is -2.24. The largest absolute Gasteiger partial charge is 0.466 e. The van der Waals surface area contributed by atoms with Gasteiger partial charge in [-0.05, 0) is 25.0 Å². The molecule has 0 aliphatic heterocycles. The Morgan fingerprint density at radius 1 is 0.862 bits per heavy atom. The van der Waals surface area contributed by atoms with E-state index in [1.807, 2.05) is 6.07 Å². The number of hydrogen-bond donors (Lipinski definition) is 0. The van der Waals surface area contributed by atoms with E-state index in [1.54, 1.807) is 62.4 Å². The molecular formula is C23H26O6. The third-order valence-electron chi connectivity index (χ3n) is 4.44. The van der Waals surface area contributed by atoms with Crippen LogP contribution in [0, 0.1) is 0 Å². The quantitative estimate of drug-likeness (QED) is 0.451. The van der Waals surface area contributed by atoms with Gasteiger partial charge < -0.3 is 14.2 Å². The van der Waals surface area contributed by atoms with Crippen LogP contribution in [0.2, 0.25) is 0 Å². The van der Waals surface area contributed by atoms with E-state index < -0.39 is 24.0 Å². The summed E-state index contributed by atoms with van der Waals surface area (Å²) in [5.74, 6) is -2.27. The summed E-state index contributed by atoms with van der Waals surface area (Å²) in [7, 11) is 1.37. The predicted octanol–water partition coefficient (Wildman–Crippen LogP) is 3.34. The van der Waals surface area contributed by atoms with Gasteiger partial charge in [-0.2, -0.15) is 0 Å². The molecule has 2 aromatic rings. The van der Waals surface area contributed by atoms with E-state index in [1.165, 1.54) is 7.11 Å². The van der Waals surface area contributed by atoms with E-state index in [2.05, 4.69) is 0 Å².